The second-order valence-corrected chi connectivity index (χ2v) is 4.45. The van der Waals surface area contributed by atoms with Gasteiger partial charge in [0.1, 0.15) is 5.76 Å². The lowest BCUT2D eigenvalue weighted by molar-refractivity contribution is 0.381. The van der Waals surface area contributed by atoms with Crippen LogP contribution in [0.3, 0.4) is 0 Å². The van der Waals surface area contributed by atoms with E-state index in [-0.39, 0.29) is 0 Å². The maximum absolute atomic E-state index is 5.42. The minimum absolute atomic E-state index is 0.568. The van der Waals surface area contributed by atoms with E-state index >= 15 is 0 Å². The zero-order chi connectivity index (χ0) is 11.1. The molecule has 0 amide bonds. The van der Waals surface area contributed by atoms with Gasteiger partial charge in [-0.05, 0) is 38.8 Å². The molecule has 0 radical (unpaired) electrons. The van der Waals surface area contributed by atoms with Crippen LogP contribution in [0.4, 0.5) is 0 Å². The van der Waals surface area contributed by atoms with Crippen molar-refractivity contribution in [2.45, 2.75) is 32.6 Å². The summed E-state index contributed by atoms with van der Waals surface area (Å²) in [5.41, 5.74) is 4.06. The van der Waals surface area contributed by atoms with Crippen LogP contribution in [-0.2, 0) is 0 Å². The highest BCUT2D eigenvalue weighted by molar-refractivity contribution is 5.65. The number of pyridine rings is 1. The lowest BCUT2D eigenvalue weighted by Crippen LogP contribution is -1.90. The van der Waals surface area contributed by atoms with Gasteiger partial charge in [0.15, 0.2) is 0 Å². The van der Waals surface area contributed by atoms with E-state index in [1.165, 1.54) is 12.8 Å². The highest BCUT2D eigenvalue weighted by Crippen LogP contribution is 2.45. The number of aryl methyl sites for hydroxylation is 2. The Morgan fingerprint density at radius 2 is 2.06 bits per heavy atom. The predicted octanol–water partition coefficient (Wildman–Crippen LogP) is 3.23. The summed E-state index contributed by atoms with van der Waals surface area (Å²) in [4.78, 5) is 4.55. The number of nitrogens with zero attached hydrogens (tertiary/aromatic N) is 2. The second-order valence-electron chi connectivity index (χ2n) is 4.45. The molecule has 1 saturated carbocycles. The topological polar surface area (TPSA) is 38.9 Å². The molecule has 1 aliphatic carbocycles. The summed E-state index contributed by atoms with van der Waals surface area (Å²) in [5.74, 6) is 1.59. The van der Waals surface area contributed by atoms with Gasteiger partial charge in [0.2, 0.25) is 0 Å². The minimum Gasteiger partial charge on any atom is -0.360 e. The molecule has 1 fully saturated rings. The smallest absolute Gasteiger partial charge is 0.149 e. The lowest BCUT2D eigenvalue weighted by atomic mass is 10.1. The van der Waals surface area contributed by atoms with E-state index in [9.17, 15) is 0 Å². The van der Waals surface area contributed by atoms with Crippen molar-refractivity contribution in [2.75, 3.05) is 0 Å². The number of hydrogen-bond donors (Lipinski definition) is 0. The second kappa shape index (κ2) is 3.44. The monoisotopic (exact) mass is 214 g/mol. The number of rotatable bonds is 2. The van der Waals surface area contributed by atoms with E-state index in [1.807, 2.05) is 32.0 Å². The van der Waals surface area contributed by atoms with Gasteiger partial charge in [0, 0.05) is 11.6 Å². The van der Waals surface area contributed by atoms with E-state index in [0.717, 1.165) is 28.4 Å². The zero-order valence-electron chi connectivity index (χ0n) is 9.53. The number of hydrogen-bond acceptors (Lipinski definition) is 3. The minimum atomic E-state index is 0.568. The molecule has 0 N–H and O–H groups in total. The molecule has 0 unspecified atom stereocenters. The average Bonchev–Trinajstić information content (AvgIpc) is 3.02. The van der Waals surface area contributed by atoms with Gasteiger partial charge >= 0.3 is 0 Å². The van der Waals surface area contributed by atoms with Crippen molar-refractivity contribution in [1.82, 2.24) is 10.1 Å². The van der Waals surface area contributed by atoms with Gasteiger partial charge in [0.05, 0.1) is 17.0 Å². The van der Waals surface area contributed by atoms with Crippen LogP contribution < -0.4 is 0 Å². The van der Waals surface area contributed by atoms with Crippen LogP contribution in [0, 0.1) is 13.8 Å². The molecule has 1 aliphatic rings. The van der Waals surface area contributed by atoms with Crippen LogP contribution >= 0.6 is 0 Å². The Labute approximate surface area is 94.5 Å². The molecule has 0 atom stereocenters. The van der Waals surface area contributed by atoms with Crippen LogP contribution in [0.15, 0.2) is 22.7 Å². The summed E-state index contributed by atoms with van der Waals surface area (Å²) in [6.07, 6.45) is 2.43. The predicted molar refractivity (Wildman–Crippen MR) is 61.2 cm³/mol. The molecule has 0 saturated heterocycles. The summed E-state index contributed by atoms with van der Waals surface area (Å²) < 4.78 is 5.42. The Bertz CT molecular complexity index is 526. The first kappa shape index (κ1) is 9.58. The molecule has 0 aromatic carbocycles. The van der Waals surface area contributed by atoms with Crippen molar-refractivity contribution in [3.05, 3.63) is 35.3 Å². The standard InChI is InChI=1S/C13H14N2O/c1-8-4-3-5-11(14-8)12-9(2)15-16-13(12)10-6-7-10/h3-5,10H,6-7H2,1-2H3. The fourth-order valence-corrected chi connectivity index (χ4v) is 2.01. The molecule has 82 valence electrons. The van der Waals surface area contributed by atoms with Crippen molar-refractivity contribution in [2.24, 2.45) is 0 Å². The van der Waals surface area contributed by atoms with Crippen LogP contribution in [0.25, 0.3) is 11.3 Å². The van der Waals surface area contributed by atoms with Crippen LogP contribution in [0.5, 0.6) is 0 Å². The fourth-order valence-electron chi connectivity index (χ4n) is 2.01. The largest absolute Gasteiger partial charge is 0.360 e. The lowest BCUT2D eigenvalue weighted by Gasteiger charge is -2.01. The molecule has 3 nitrogen and oxygen atoms in total. The summed E-state index contributed by atoms with van der Waals surface area (Å²) in [6, 6.07) is 6.06. The molecule has 0 spiro atoms. The van der Waals surface area contributed by atoms with E-state index < -0.39 is 0 Å². The summed E-state index contributed by atoms with van der Waals surface area (Å²) >= 11 is 0. The Kier molecular flexibility index (Phi) is 2.06. The van der Waals surface area contributed by atoms with Gasteiger partial charge in [-0.15, -0.1) is 0 Å². The Balaban J connectivity index is 2.14. The first-order valence-corrected chi connectivity index (χ1v) is 5.66. The fraction of sp³-hybridized carbons (Fsp3) is 0.385. The summed E-state index contributed by atoms with van der Waals surface area (Å²) in [5, 5.41) is 4.07. The molecule has 2 heterocycles. The number of aromatic nitrogens is 2. The SMILES string of the molecule is Cc1cccc(-c2c(C)noc2C2CC2)n1. The molecule has 2 aromatic rings. The average molecular weight is 214 g/mol. The molecule has 2 aromatic heterocycles. The molecule has 16 heavy (non-hydrogen) atoms. The van der Waals surface area contributed by atoms with Crippen molar-refractivity contribution in [3.63, 3.8) is 0 Å². The third kappa shape index (κ3) is 1.52. The Morgan fingerprint density at radius 1 is 1.25 bits per heavy atom. The normalized spacial score (nSPS) is 15.4. The van der Waals surface area contributed by atoms with Gasteiger partial charge in [0.25, 0.3) is 0 Å². The van der Waals surface area contributed by atoms with Gasteiger partial charge < -0.3 is 4.52 Å². The van der Waals surface area contributed by atoms with Crippen molar-refractivity contribution in [3.8, 4) is 11.3 Å². The highest BCUT2D eigenvalue weighted by Gasteiger charge is 2.32. The third-order valence-electron chi connectivity index (χ3n) is 2.98. The van der Waals surface area contributed by atoms with Crippen molar-refractivity contribution in [1.29, 1.82) is 0 Å². The maximum Gasteiger partial charge on any atom is 0.149 e. The molecular formula is C13H14N2O. The van der Waals surface area contributed by atoms with Crippen LogP contribution in [0.1, 0.15) is 35.9 Å². The van der Waals surface area contributed by atoms with E-state index in [4.69, 9.17) is 4.52 Å². The van der Waals surface area contributed by atoms with Gasteiger partial charge in [-0.2, -0.15) is 0 Å². The molecular weight excluding hydrogens is 200 g/mol. The molecule has 0 aliphatic heterocycles. The summed E-state index contributed by atoms with van der Waals surface area (Å²) in [7, 11) is 0. The van der Waals surface area contributed by atoms with Crippen LogP contribution in [-0.4, -0.2) is 10.1 Å². The quantitative estimate of drug-likeness (QED) is 0.770. The van der Waals surface area contributed by atoms with E-state index in [0.29, 0.717) is 5.92 Å². The van der Waals surface area contributed by atoms with Gasteiger partial charge in [-0.3, -0.25) is 4.98 Å². The first-order valence-electron chi connectivity index (χ1n) is 5.66. The zero-order valence-corrected chi connectivity index (χ0v) is 9.53. The molecule has 3 heteroatoms. The first-order chi connectivity index (χ1) is 7.75. The van der Waals surface area contributed by atoms with Crippen molar-refractivity contribution >= 4 is 0 Å². The van der Waals surface area contributed by atoms with Gasteiger partial charge in [-0.25, -0.2) is 0 Å². The van der Waals surface area contributed by atoms with Crippen LogP contribution in [0.2, 0.25) is 0 Å². The van der Waals surface area contributed by atoms with E-state index in [1.54, 1.807) is 0 Å². The van der Waals surface area contributed by atoms with Crippen molar-refractivity contribution < 1.29 is 4.52 Å². The molecule has 0 bridgehead atoms. The molecule has 3 rings (SSSR count). The maximum atomic E-state index is 5.42. The third-order valence-corrected chi connectivity index (χ3v) is 2.98. The Morgan fingerprint density at radius 3 is 2.75 bits per heavy atom. The van der Waals surface area contributed by atoms with Gasteiger partial charge in [-0.1, -0.05) is 11.2 Å². The van der Waals surface area contributed by atoms with E-state index in [2.05, 4.69) is 10.1 Å². The summed E-state index contributed by atoms with van der Waals surface area (Å²) in [6.45, 7) is 3.98. The highest BCUT2D eigenvalue weighted by atomic mass is 16.5. The Hall–Kier alpha value is -1.64.